The number of nitro groups is 1. The Morgan fingerprint density at radius 2 is 2.06 bits per heavy atom. The molecule has 4 rings (SSSR count). The molecule has 162 valence electrons. The van der Waals surface area contributed by atoms with Crippen LogP contribution in [-0.2, 0) is 19.6 Å². The van der Waals surface area contributed by atoms with Gasteiger partial charge in [0.25, 0.3) is 0 Å². The molecule has 0 saturated carbocycles. The van der Waals surface area contributed by atoms with Gasteiger partial charge in [-0.15, -0.1) is 0 Å². The Balaban J connectivity index is 1.73. The number of nitrogens with one attached hydrogen (secondary N) is 1. The van der Waals surface area contributed by atoms with Gasteiger partial charge in [-0.3, -0.25) is 15.2 Å². The lowest BCUT2D eigenvalue weighted by Gasteiger charge is -2.22. The highest BCUT2D eigenvalue weighted by Crippen LogP contribution is 2.42. The summed E-state index contributed by atoms with van der Waals surface area (Å²) in [5, 5.41) is 19.5. The minimum Gasteiger partial charge on any atom is -0.493 e. The van der Waals surface area contributed by atoms with Crippen molar-refractivity contribution in [1.82, 2.24) is 15.1 Å². The van der Waals surface area contributed by atoms with Crippen molar-refractivity contribution in [2.24, 2.45) is 0 Å². The van der Waals surface area contributed by atoms with Crippen molar-refractivity contribution in [1.29, 1.82) is 0 Å². The van der Waals surface area contributed by atoms with Gasteiger partial charge >= 0.3 is 5.69 Å². The number of nitrogens with zero attached hydrogens (tertiary/aromatic N) is 3. The molecule has 0 unspecified atom stereocenters. The van der Waals surface area contributed by atoms with Crippen molar-refractivity contribution < 1.29 is 14.4 Å². The molecule has 31 heavy (non-hydrogen) atoms. The van der Waals surface area contributed by atoms with Crippen LogP contribution in [0.5, 0.6) is 11.5 Å². The number of ether oxygens (including phenoxy) is 2. The summed E-state index contributed by atoms with van der Waals surface area (Å²) < 4.78 is 11.4. The van der Waals surface area contributed by atoms with Gasteiger partial charge in [-0.2, -0.15) is 5.10 Å². The second kappa shape index (κ2) is 8.39. The molecule has 0 fully saturated rings. The molecule has 0 atom stereocenters. The SMILES string of the molecule is COc1cc(-c2n[nH]c3c2CN(C)CC3)cc([N+](=O)[O-])c1OCc1cc(C)ccc1C. The van der Waals surface area contributed by atoms with Crippen molar-refractivity contribution in [2.45, 2.75) is 33.4 Å². The van der Waals surface area contributed by atoms with Gasteiger partial charge in [-0.05, 0) is 38.1 Å². The fraction of sp³-hybridized carbons (Fsp3) is 0.348. The van der Waals surface area contributed by atoms with E-state index < -0.39 is 4.92 Å². The van der Waals surface area contributed by atoms with Crippen LogP contribution in [0.25, 0.3) is 11.3 Å². The average molecular weight is 422 g/mol. The molecule has 0 radical (unpaired) electrons. The molecule has 0 amide bonds. The van der Waals surface area contributed by atoms with Crippen molar-refractivity contribution in [3.05, 3.63) is 68.4 Å². The highest BCUT2D eigenvalue weighted by Gasteiger charge is 2.27. The summed E-state index contributed by atoms with van der Waals surface area (Å²) in [5.74, 6) is 0.439. The summed E-state index contributed by atoms with van der Waals surface area (Å²) >= 11 is 0. The van der Waals surface area contributed by atoms with E-state index in [1.165, 1.54) is 13.2 Å². The molecule has 0 saturated heterocycles. The molecule has 2 aromatic carbocycles. The lowest BCUT2D eigenvalue weighted by atomic mass is 10.0. The largest absolute Gasteiger partial charge is 0.493 e. The van der Waals surface area contributed by atoms with E-state index >= 15 is 0 Å². The van der Waals surface area contributed by atoms with Crippen LogP contribution in [0, 0.1) is 24.0 Å². The standard InChI is InChI=1S/C23H26N4O4/c1-14-5-6-15(2)17(9-14)13-31-23-20(27(28)29)10-16(11-21(23)30-4)22-18-12-26(3)8-7-19(18)24-25-22/h5-6,9-11H,7-8,12-13H2,1-4H3,(H,24,25). The Labute approximate surface area is 180 Å². The number of H-pyrrole nitrogens is 1. The number of benzene rings is 2. The van der Waals surface area contributed by atoms with Crippen LogP contribution in [0.2, 0.25) is 0 Å². The van der Waals surface area contributed by atoms with Crippen LogP contribution in [0.15, 0.2) is 30.3 Å². The predicted octanol–water partition coefficient (Wildman–Crippen LogP) is 4.18. The predicted molar refractivity (Wildman–Crippen MR) is 118 cm³/mol. The molecule has 2 heterocycles. The topological polar surface area (TPSA) is 93.5 Å². The molecule has 8 nitrogen and oxygen atoms in total. The second-order valence-corrected chi connectivity index (χ2v) is 8.02. The zero-order valence-corrected chi connectivity index (χ0v) is 18.2. The monoisotopic (exact) mass is 422 g/mol. The summed E-state index contributed by atoms with van der Waals surface area (Å²) in [6.45, 7) is 5.89. The Kier molecular flexibility index (Phi) is 5.65. The number of methoxy groups -OCH3 is 1. The van der Waals surface area contributed by atoms with Gasteiger partial charge < -0.3 is 14.4 Å². The first-order valence-electron chi connectivity index (χ1n) is 10.2. The Morgan fingerprint density at radius 3 is 2.81 bits per heavy atom. The lowest BCUT2D eigenvalue weighted by molar-refractivity contribution is -0.386. The first-order valence-corrected chi connectivity index (χ1v) is 10.2. The number of likely N-dealkylation sites (N-methyl/N-ethyl adjacent to an activating group) is 1. The van der Waals surface area contributed by atoms with Crippen molar-refractivity contribution in [3.63, 3.8) is 0 Å². The van der Waals surface area contributed by atoms with Gasteiger partial charge in [-0.1, -0.05) is 23.8 Å². The average Bonchev–Trinajstić information content (AvgIpc) is 3.16. The summed E-state index contributed by atoms with van der Waals surface area (Å²) in [6, 6.07) is 9.34. The van der Waals surface area contributed by atoms with Crippen LogP contribution in [-0.4, -0.2) is 40.7 Å². The number of hydrogen-bond acceptors (Lipinski definition) is 6. The van der Waals surface area contributed by atoms with E-state index in [4.69, 9.17) is 9.47 Å². The smallest absolute Gasteiger partial charge is 0.315 e. The van der Waals surface area contributed by atoms with Gasteiger partial charge in [0.15, 0.2) is 5.75 Å². The molecular formula is C23H26N4O4. The van der Waals surface area contributed by atoms with Gasteiger partial charge in [0, 0.05) is 42.4 Å². The van der Waals surface area contributed by atoms with Crippen molar-refractivity contribution in [3.8, 4) is 22.8 Å². The Bertz CT molecular complexity index is 1140. The number of aromatic amines is 1. The highest BCUT2D eigenvalue weighted by atomic mass is 16.6. The lowest BCUT2D eigenvalue weighted by Crippen LogP contribution is -2.26. The third-order valence-corrected chi connectivity index (χ3v) is 5.73. The van der Waals surface area contributed by atoms with Crippen LogP contribution < -0.4 is 9.47 Å². The maximum Gasteiger partial charge on any atom is 0.315 e. The minimum absolute atomic E-state index is 0.124. The van der Waals surface area contributed by atoms with E-state index in [9.17, 15) is 10.1 Å². The van der Waals surface area contributed by atoms with Crippen LogP contribution in [0.3, 0.4) is 0 Å². The van der Waals surface area contributed by atoms with E-state index in [0.717, 1.165) is 47.5 Å². The zero-order valence-electron chi connectivity index (χ0n) is 18.2. The molecule has 1 aliphatic rings. The zero-order chi connectivity index (χ0) is 22.1. The third kappa shape index (κ3) is 4.11. The number of hydrogen-bond donors (Lipinski definition) is 1. The van der Waals surface area contributed by atoms with E-state index in [1.807, 2.05) is 39.1 Å². The number of nitro benzene ring substituents is 1. The fourth-order valence-corrected chi connectivity index (χ4v) is 3.93. The number of rotatable bonds is 6. The van der Waals surface area contributed by atoms with Crippen molar-refractivity contribution >= 4 is 5.69 Å². The van der Waals surface area contributed by atoms with E-state index in [1.54, 1.807) is 6.07 Å². The van der Waals surface area contributed by atoms with Crippen molar-refractivity contribution in [2.75, 3.05) is 20.7 Å². The molecule has 0 aliphatic carbocycles. The van der Waals surface area contributed by atoms with Gasteiger partial charge in [-0.25, -0.2) is 0 Å². The second-order valence-electron chi connectivity index (χ2n) is 8.02. The first kappa shape index (κ1) is 20.9. The van der Waals surface area contributed by atoms with Crippen LogP contribution in [0.1, 0.15) is 27.9 Å². The Hall–Kier alpha value is -3.39. The van der Waals surface area contributed by atoms with E-state index in [-0.39, 0.29) is 18.0 Å². The van der Waals surface area contributed by atoms with Crippen LogP contribution in [0.4, 0.5) is 5.69 Å². The van der Waals surface area contributed by atoms with Crippen LogP contribution >= 0.6 is 0 Å². The maximum absolute atomic E-state index is 11.9. The normalized spacial score (nSPS) is 13.7. The third-order valence-electron chi connectivity index (χ3n) is 5.73. The first-order chi connectivity index (χ1) is 14.9. The molecule has 3 aromatic rings. The number of fused-ring (bicyclic) bond motifs is 1. The molecule has 1 N–H and O–H groups in total. The molecule has 8 heteroatoms. The molecule has 0 spiro atoms. The minimum atomic E-state index is -0.435. The summed E-state index contributed by atoms with van der Waals surface area (Å²) in [5.41, 5.74) is 6.49. The molecule has 1 aliphatic heterocycles. The summed E-state index contributed by atoms with van der Waals surface area (Å²) in [4.78, 5) is 13.7. The number of aryl methyl sites for hydroxylation is 2. The molecule has 1 aromatic heterocycles. The van der Waals surface area contributed by atoms with E-state index in [2.05, 4.69) is 15.1 Å². The number of aromatic nitrogens is 2. The summed E-state index contributed by atoms with van der Waals surface area (Å²) in [6.07, 6.45) is 0.870. The molecule has 0 bridgehead atoms. The summed E-state index contributed by atoms with van der Waals surface area (Å²) in [7, 11) is 3.54. The van der Waals surface area contributed by atoms with E-state index in [0.29, 0.717) is 17.0 Å². The quantitative estimate of drug-likeness (QED) is 0.473. The van der Waals surface area contributed by atoms with Gasteiger partial charge in [0.05, 0.1) is 17.7 Å². The van der Waals surface area contributed by atoms with Gasteiger partial charge in [0.1, 0.15) is 6.61 Å². The Morgan fingerprint density at radius 1 is 1.26 bits per heavy atom. The highest BCUT2D eigenvalue weighted by molar-refractivity contribution is 5.73. The fourth-order valence-electron chi connectivity index (χ4n) is 3.93. The van der Waals surface area contributed by atoms with Gasteiger partial charge in [0.2, 0.25) is 5.75 Å². The maximum atomic E-state index is 11.9. The molecular weight excluding hydrogens is 396 g/mol.